The van der Waals surface area contributed by atoms with Crippen molar-refractivity contribution in [2.45, 2.75) is 25.9 Å². The molecule has 0 bridgehead atoms. The average molecular weight is 324 g/mol. The maximum Gasteiger partial charge on any atom is 0.379 e. The predicted molar refractivity (Wildman–Crippen MR) is 84.9 cm³/mol. The molecule has 0 aliphatic carbocycles. The fourth-order valence-electron chi connectivity index (χ4n) is 2.20. The molecular formula is C16H20O5S. The zero-order valence-electron chi connectivity index (χ0n) is 12.8. The molecule has 1 atom stereocenters. The lowest BCUT2D eigenvalue weighted by molar-refractivity contribution is -0.137. The summed E-state index contributed by atoms with van der Waals surface area (Å²) in [4.78, 5) is 23.4. The van der Waals surface area contributed by atoms with Crippen LogP contribution in [-0.2, 0) is 9.53 Å². The summed E-state index contributed by atoms with van der Waals surface area (Å²) in [6.07, 6.45) is 2.30. The van der Waals surface area contributed by atoms with Crippen LogP contribution in [0.5, 0.6) is 11.5 Å². The van der Waals surface area contributed by atoms with E-state index in [1.807, 2.05) is 11.8 Å². The maximum absolute atomic E-state index is 11.9. The molecule has 5 nitrogen and oxygen atoms in total. The monoisotopic (exact) mass is 324 g/mol. The molecule has 1 heterocycles. The second kappa shape index (κ2) is 8.08. The van der Waals surface area contributed by atoms with Crippen molar-refractivity contribution in [3.63, 3.8) is 0 Å². The van der Waals surface area contributed by atoms with Gasteiger partial charge < -0.3 is 14.2 Å². The fraction of sp³-hybridized carbons (Fsp3) is 0.500. The Morgan fingerprint density at radius 3 is 2.77 bits per heavy atom. The largest absolute Gasteiger partial charge is 0.493 e. The minimum Gasteiger partial charge on any atom is -0.493 e. The first-order valence-electron chi connectivity index (χ1n) is 7.29. The molecule has 1 saturated heterocycles. The molecule has 1 aromatic rings. The van der Waals surface area contributed by atoms with Crippen LogP contribution in [0.1, 0.15) is 30.1 Å². The topological polar surface area (TPSA) is 61.8 Å². The third-order valence-electron chi connectivity index (χ3n) is 3.30. The minimum absolute atomic E-state index is 0.152. The number of Topliss-reactive ketones (excluding diaryl/α,β-unsaturated/α-hetero) is 1. The molecule has 1 fully saturated rings. The van der Waals surface area contributed by atoms with Crippen LogP contribution >= 0.6 is 11.8 Å². The van der Waals surface area contributed by atoms with E-state index in [1.165, 1.54) is 18.9 Å². The van der Waals surface area contributed by atoms with Gasteiger partial charge in [-0.25, -0.2) is 4.79 Å². The molecule has 0 amide bonds. The summed E-state index contributed by atoms with van der Waals surface area (Å²) >= 11 is 1.87. The number of rotatable bonds is 6. The zero-order chi connectivity index (χ0) is 15.9. The number of hydrogen-bond acceptors (Lipinski definition) is 6. The Hall–Kier alpha value is -1.69. The van der Waals surface area contributed by atoms with E-state index in [4.69, 9.17) is 14.2 Å². The number of esters is 1. The lowest BCUT2D eigenvalue weighted by Crippen LogP contribution is -2.23. The first-order chi connectivity index (χ1) is 10.7. The first-order valence-corrected chi connectivity index (χ1v) is 8.45. The fourth-order valence-corrected chi connectivity index (χ4v) is 3.24. The van der Waals surface area contributed by atoms with E-state index < -0.39 is 11.8 Å². The molecule has 6 heteroatoms. The van der Waals surface area contributed by atoms with Gasteiger partial charge in [-0.1, -0.05) is 0 Å². The summed E-state index contributed by atoms with van der Waals surface area (Å²) in [5.41, 5.74) is 0.237. The Morgan fingerprint density at radius 2 is 2.14 bits per heavy atom. The van der Waals surface area contributed by atoms with Crippen LogP contribution in [-0.4, -0.2) is 43.1 Å². The van der Waals surface area contributed by atoms with Gasteiger partial charge in [-0.05, 0) is 43.7 Å². The molecule has 0 N–H and O–H groups in total. The highest BCUT2D eigenvalue weighted by Gasteiger charge is 2.21. The Morgan fingerprint density at radius 1 is 1.32 bits per heavy atom. The lowest BCUT2D eigenvalue weighted by atomic mass is 10.1. The molecule has 1 aromatic carbocycles. The van der Waals surface area contributed by atoms with E-state index in [0.29, 0.717) is 11.5 Å². The number of ketones is 1. The van der Waals surface area contributed by atoms with Crippen LogP contribution in [0.2, 0.25) is 0 Å². The summed E-state index contributed by atoms with van der Waals surface area (Å²) in [6.45, 7) is 1.83. The van der Waals surface area contributed by atoms with Gasteiger partial charge >= 0.3 is 5.97 Å². The van der Waals surface area contributed by atoms with E-state index in [1.54, 1.807) is 19.1 Å². The minimum atomic E-state index is -0.859. The highest BCUT2D eigenvalue weighted by atomic mass is 32.2. The molecule has 0 aromatic heterocycles. The van der Waals surface area contributed by atoms with Crippen molar-refractivity contribution in [2.75, 3.05) is 25.2 Å². The predicted octanol–water partition coefficient (Wildman–Crippen LogP) is 2.72. The van der Waals surface area contributed by atoms with Gasteiger partial charge in [-0.3, -0.25) is 4.79 Å². The van der Waals surface area contributed by atoms with Crippen LogP contribution in [0.3, 0.4) is 0 Å². The van der Waals surface area contributed by atoms with E-state index >= 15 is 0 Å². The molecule has 1 aliphatic rings. The van der Waals surface area contributed by atoms with Crippen molar-refractivity contribution in [2.24, 2.45) is 0 Å². The summed E-state index contributed by atoms with van der Waals surface area (Å²) in [7, 11) is 1.51. The number of hydrogen-bond donors (Lipinski definition) is 0. The highest BCUT2D eigenvalue weighted by Crippen LogP contribution is 2.31. The third kappa shape index (κ3) is 4.16. The smallest absolute Gasteiger partial charge is 0.379 e. The summed E-state index contributed by atoms with van der Waals surface area (Å²) < 4.78 is 15.9. The summed E-state index contributed by atoms with van der Waals surface area (Å²) in [5.74, 6) is 1.62. The first kappa shape index (κ1) is 16.7. The number of methoxy groups -OCH3 is 1. The second-order valence-corrected chi connectivity index (χ2v) is 6.02. The Kier molecular flexibility index (Phi) is 6.12. The quantitative estimate of drug-likeness (QED) is 0.455. The Balaban J connectivity index is 2.13. The van der Waals surface area contributed by atoms with Crippen LogP contribution in [0.4, 0.5) is 0 Å². The van der Waals surface area contributed by atoms with Crippen molar-refractivity contribution in [1.29, 1.82) is 0 Å². The Labute approximate surface area is 134 Å². The van der Waals surface area contributed by atoms with Crippen LogP contribution in [0, 0.1) is 0 Å². The van der Waals surface area contributed by atoms with Gasteiger partial charge in [0.15, 0.2) is 11.5 Å². The molecule has 120 valence electrons. The number of ether oxygens (including phenoxy) is 3. The molecule has 22 heavy (non-hydrogen) atoms. The normalized spacial score (nSPS) is 17.6. The average Bonchev–Trinajstić information content (AvgIpc) is 2.55. The van der Waals surface area contributed by atoms with Crippen LogP contribution < -0.4 is 9.47 Å². The summed E-state index contributed by atoms with van der Waals surface area (Å²) in [6, 6.07) is 4.75. The van der Waals surface area contributed by atoms with E-state index in [-0.39, 0.29) is 18.3 Å². The SMILES string of the molecule is CCOC(=O)C(=O)c1ccc(OC2CCCSC2)c(OC)c1. The highest BCUT2D eigenvalue weighted by molar-refractivity contribution is 7.99. The van der Waals surface area contributed by atoms with Gasteiger partial charge in [0, 0.05) is 11.3 Å². The second-order valence-electron chi connectivity index (χ2n) is 4.87. The number of thioether (sulfide) groups is 1. The van der Waals surface area contributed by atoms with Crippen LogP contribution in [0.15, 0.2) is 18.2 Å². The van der Waals surface area contributed by atoms with Crippen molar-refractivity contribution < 1.29 is 23.8 Å². The third-order valence-corrected chi connectivity index (χ3v) is 4.48. The zero-order valence-corrected chi connectivity index (χ0v) is 13.6. The van der Waals surface area contributed by atoms with Gasteiger partial charge in [0.1, 0.15) is 6.10 Å². The molecule has 0 radical (unpaired) electrons. The number of benzene rings is 1. The molecule has 1 unspecified atom stereocenters. The Bertz CT molecular complexity index is 537. The van der Waals surface area contributed by atoms with E-state index in [9.17, 15) is 9.59 Å². The molecule has 1 aliphatic heterocycles. The van der Waals surface area contributed by atoms with Gasteiger partial charge in [0.2, 0.25) is 0 Å². The van der Waals surface area contributed by atoms with Gasteiger partial charge in [-0.2, -0.15) is 11.8 Å². The van der Waals surface area contributed by atoms with Gasteiger partial charge in [-0.15, -0.1) is 0 Å². The molecule has 2 rings (SSSR count). The van der Waals surface area contributed by atoms with Crippen molar-refractivity contribution in [3.05, 3.63) is 23.8 Å². The van der Waals surface area contributed by atoms with E-state index in [2.05, 4.69) is 0 Å². The van der Waals surface area contributed by atoms with E-state index in [0.717, 1.165) is 18.6 Å². The van der Waals surface area contributed by atoms with Gasteiger partial charge in [0.25, 0.3) is 5.78 Å². The molecule has 0 saturated carbocycles. The van der Waals surface area contributed by atoms with Crippen molar-refractivity contribution in [3.8, 4) is 11.5 Å². The molecular weight excluding hydrogens is 304 g/mol. The van der Waals surface area contributed by atoms with Crippen LogP contribution in [0.25, 0.3) is 0 Å². The molecule has 0 spiro atoms. The van der Waals surface area contributed by atoms with Crippen molar-refractivity contribution in [1.82, 2.24) is 0 Å². The maximum atomic E-state index is 11.9. The van der Waals surface area contributed by atoms with Gasteiger partial charge in [0.05, 0.1) is 13.7 Å². The number of carbonyl (C=O) groups excluding carboxylic acids is 2. The summed E-state index contributed by atoms with van der Waals surface area (Å²) in [5, 5.41) is 0. The lowest BCUT2D eigenvalue weighted by Gasteiger charge is -2.23. The van der Waals surface area contributed by atoms with Crippen molar-refractivity contribution >= 4 is 23.5 Å². The number of carbonyl (C=O) groups is 2. The standard InChI is InChI=1S/C16H20O5S/c1-3-20-16(18)15(17)11-6-7-13(14(9-11)19-2)21-12-5-4-8-22-10-12/h6-7,9,12H,3-5,8,10H2,1-2H3.